The fraction of sp³-hybridized carbons (Fsp3) is 0.231. The van der Waals surface area contributed by atoms with E-state index in [1.165, 1.54) is 0 Å². The molecule has 0 unspecified atom stereocenters. The van der Waals surface area contributed by atoms with Gasteiger partial charge in [-0.3, -0.25) is 9.59 Å². The highest BCUT2D eigenvalue weighted by molar-refractivity contribution is 6.03. The Bertz CT molecular complexity index is 1370. The van der Waals surface area contributed by atoms with Crippen LogP contribution in [0.25, 0.3) is 22.0 Å². The predicted octanol–water partition coefficient (Wildman–Crippen LogP) is 4.01. The topological polar surface area (TPSA) is 81.4 Å². The lowest BCUT2D eigenvalue weighted by molar-refractivity contribution is 0.0658. The van der Waals surface area contributed by atoms with E-state index in [-0.39, 0.29) is 11.5 Å². The number of pyridine rings is 1. The first-order valence-corrected chi connectivity index (χ1v) is 11.1. The zero-order valence-electron chi connectivity index (χ0n) is 18.7. The highest BCUT2D eigenvalue weighted by Gasteiger charge is 2.24. The number of likely N-dealkylation sites (N-methyl/N-ethyl adjacent to an activating group) is 1. The minimum absolute atomic E-state index is 0.152. The van der Waals surface area contributed by atoms with Gasteiger partial charge in [0.15, 0.2) is 0 Å². The number of aryl methyl sites for hydroxylation is 1. The Morgan fingerprint density at radius 1 is 0.939 bits per heavy atom. The van der Waals surface area contributed by atoms with Gasteiger partial charge in [0.1, 0.15) is 17.2 Å². The number of benzene rings is 2. The Labute approximate surface area is 191 Å². The highest BCUT2D eigenvalue weighted by Crippen LogP contribution is 2.37. The van der Waals surface area contributed by atoms with Crippen LogP contribution in [0.1, 0.15) is 16.2 Å². The first-order valence-electron chi connectivity index (χ1n) is 11.1. The van der Waals surface area contributed by atoms with Crippen LogP contribution in [0, 0.1) is 6.92 Å². The Hall–Kier alpha value is -3.84. The quantitative estimate of drug-likeness (QED) is 0.500. The largest absolute Gasteiger partial charge is 0.457 e. The summed E-state index contributed by atoms with van der Waals surface area (Å²) in [6.07, 6.45) is 0. The molecule has 0 aliphatic carbocycles. The Morgan fingerprint density at radius 2 is 1.64 bits per heavy atom. The molecule has 2 aromatic heterocycles. The van der Waals surface area contributed by atoms with Crippen molar-refractivity contribution in [1.29, 1.82) is 0 Å². The van der Waals surface area contributed by atoms with Gasteiger partial charge in [-0.25, -0.2) is 0 Å². The third-order valence-electron chi connectivity index (χ3n) is 6.14. The normalized spacial score (nSPS) is 14.5. The van der Waals surface area contributed by atoms with Gasteiger partial charge in [-0.1, -0.05) is 30.3 Å². The molecule has 0 bridgehead atoms. The smallest absolute Gasteiger partial charge is 0.270 e. The van der Waals surface area contributed by atoms with Crippen molar-refractivity contribution in [3.8, 4) is 22.8 Å². The van der Waals surface area contributed by atoms with E-state index in [9.17, 15) is 9.59 Å². The van der Waals surface area contributed by atoms with Gasteiger partial charge < -0.3 is 24.5 Å². The number of piperazine rings is 1. The maximum atomic E-state index is 13.2. The molecule has 1 aliphatic heterocycles. The number of hydrogen-bond donors (Lipinski definition) is 2. The predicted molar refractivity (Wildman–Crippen MR) is 129 cm³/mol. The molecule has 4 aromatic rings. The number of carbonyl (C=O) groups excluding carboxylic acids is 1. The van der Waals surface area contributed by atoms with E-state index >= 15 is 0 Å². The van der Waals surface area contributed by atoms with Crippen LogP contribution in [0.3, 0.4) is 0 Å². The van der Waals surface area contributed by atoms with E-state index in [2.05, 4.69) is 14.9 Å². The van der Waals surface area contributed by atoms with Gasteiger partial charge in [-0.2, -0.15) is 0 Å². The van der Waals surface area contributed by atoms with E-state index in [4.69, 9.17) is 4.74 Å². The molecule has 1 aliphatic rings. The lowest BCUT2D eigenvalue weighted by Gasteiger charge is -2.32. The van der Waals surface area contributed by atoms with Crippen LogP contribution in [0.4, 0.5) is 0 Å². The molecule has 3 heterocycles. The van der Waals surface area contributed by atoms with Crippen molar-refractivity contribution in [1.82, 2.24) is 19.8 Å². The second kappa shape index (κ2) is 8.60. The molecule has 7 nitrogen and oxygen atoms in total. The van der Waals surface area contributed by atoms with Gasteiger partial charge in [0, 0.05) is 42.8 Å². The summed E-state index contributed by atoms with van der Waals surface area (Å²) in [7, 11) is 2.04. The number of aromatic amines is 2. The molecule has 0 saturated carbocycles. The van der Waals surface area contributed by atoms with Gasteiger partial charge in [0.05, 0.1) is 11.1 Å². The molecule has 33 heavy (non-hydrogen) atoms. The number of nitrogens with one attached hydrogen (secondary N) is 2. The number of fused-ring (bicyclic) bond motifs is 1. The summed E-state index contributed by atoms with van der Waals surface area (Å²) in [6, 6.07) is 19.0. The fourth-order valence-corrected chi connectivity index (χ4v) is 4.33. The summed E-state index contributed by atoms with van der Waals surface area (Å²) >= 11 is 0. The van der Waals surface area contributed by atoms with Crippen molar-refractivity contribution in [3.05, 3.63) is 82.4 Å². The highest BCUT2D eigenvalue weighted by atomic mass is 16.5. The van der Waals surface area contributed by atoms with Crippen molar-refractivity contribution in [2.24, 2.45) is 0 Å². The Balaban J connectivity index is 1.59. The number of amides is 1. The van der Waals surface area contributed by atoms with Gasteiger partial charge in [0.25, 0.3) is 11.5 Å². The van der Waals surface area contributed by atoms with Crippen molar-refractivity contribution in [2.45, 2.75) is 6.92 Å². The van der Waals surface area contributed by atoms with Crippen LogP contribution in [0.2, 0.25) is 0 Å². The fourth-order valence-electron chi connectivity index (χ4n) is 4.33. The molecular formula is C26H26N4O3. The molecule has 1 saturated heterocycles. The molecular weight excluding hydrogens is 416 g/mol. The minimum Gasteiger partial charge on any atom is -0.457 e. The third kappa shape index (κ3) is 4.03. The lowest BCUT2D eigenvalue weighted by atomic mass is 10.1. The first kappa shape index (κ1) is 21.0. The van der Waals surface area contributed by atoms with E-state index in [1.807, 2.05) is 68.6 Å². The summed E-state index contributed by atoms with van der Waals surface area (Å²) in [5.41, 5.74) is 2.36. The van der Waals surface area contributed by atoms with E-state index < -0.39 is 0 Å². The third-order valence-corrected chi connectivity index (χ3v) is 6.14. The zero-order valence-corrected chi connectivity index (χ0v) is 18.7. The number of rotatable bonds is 4. The average Bonchev–Trinajstić information content (AvgIpc) is 3.17. The molecule has 2 aromatic carbocycles. The summed E-state index contributed by atoms with van der Waals surface area (Å²) in [6.45, 7) is 4.78. The molecule has 0 radical (unpaired) electrons. The van der Waals surface area contributed by atoms with Crippen molar-refractivity contribution >= 4 is 16.7 Å². The van der Waals surface area contributed by atoms with Crippen LogP contribution in [-0.4, -0.2) is 58.9 Å². The number of nitrogens with zero attached hydrogens (tertiary/aromatic N) is 2. The second-order valence-corrected chi connectivity index (χ2v) is 8.43. The number of para-hydroxylation sites is 2. The Kier molecular flexibility index (Phi) is 5.48. The number of ether oxygens (including phenoxy) is 1. The molecule has 7 heteroatoms. The molecule has 0 atom stereocenters. The maximum Gasteiger partial charge on any atom is 0.270 e. The van der Waals surface area contributed by atoms with Crippen LogP contribution in [0.15, 0.2) is 65.5 Å². The van der Waals surface area contributed by atoms with Crippen LogP contribution >= 0.6 is 0 Å². The summed E-state index contributed by atoms with van der Waals surface area (Å²) < 4.78 is 6.15. The number of aromatic nitrogens is 2. The van der Waals surface area contributed by atoms with Gasteiger partial charge >= 0.3 is 0 Å². The lowest BCUT2D eigenvalue weighted by Crippen LogP contribution is -2.47. The summed E-state index contributed by atoms with van der Waals surface area (Å²) in [4.78, 5) is 36.3. The Morgan fingerprint density at radius 3 is 2.39 bits per heavy atom. The molecule has 1 amide bonds. The van der Waals surface area contributed by atoms with Crippen molar-refractivity contribution in [2.75, 3.05) is 33.2 Å². The minimum atomic E-state index is -0.272. The summed E-state index contributed by atoms with van der Waals surface area (Å²) in [5.74, 6) is 1.24. The van der Waals surface area contributed by atoms with E-state index in [0.717, 1.165) is 35.8 Å². The SMILES string of the molecule is Cc1[nH]c(-c2ccccc2Oc2ccccc2)c2cc(C(=O)N3CCN(C)CC3)[nH]c(=O)c12. The van der Waals surface area contributed by atoms with Crippen LogP contribution < -0.4 is 10.3 Å². The zero-order chi connectivity index (χ0) is 22.9. The monoisotopic (exact) mass is 442 g/mol. The van der Waals surface area contributed by atoms with E-state index in [1.54, 1.807) is 11.0 Å². The van der Waals surface area contributed by atoms with Gasteiger partial charge in [-0.15, -0.1) is 0 Å². The van der Waals surface area contributed by atoms with Crippen LogP contribution in [0.5, 0.6) is 11.5 Å². The molecule has 5 rings (SSSR count). The summed E-state index contributed by atoms with van der Waals surface area (Å²) in [5, 5.41) is 1.26. The molecule has 168 valence electrons. The molecule has 0 spiro atoms. The van der Waals surface area contributed by atoms with E-state index in [0.29, 0.717) is 35.3 Å². The van der Waals surface area contributed by atoms with Crippen molar-refractivity contribution in [3.63, 3.8) is 0 Å². The first-order chi connectivity index (χ1) is 16.0. The van der Waals surface area contributed by atoms with Crippen LogP contribution in [-0.2, 0) is 0 Å². The van der Waals surface area contributed by atoms with Gasteiger partial charge in [-0.05, 0) is 44.3 Å². The standard InChI is InChI=1S/C26H26N4O3/c1-17-23-20(16-21(28-25(23)31)26(32)30-14-12-29(2)13-15-30)24(27-17)19-10-6-7-11-22(19)33-18-8-4-3-5-9-18/h3-11,16,27H,12-15H2,1-2H3,(H,28,31). The number of carbonyl (C=O) groups is 1. The average molecular weight is 443 g/mol. The second-order valence-electron chi connectivity index (χ2n) is 8.43. The molecule has 1 fully saturated rings. The molecule has 2 N–H and O–H groups in total. The maximum absolute atomic E-state index is 13.2. The number of hydrogen-bond acceptors (Lipinski definition) is 4. The van der Waals surface area contributed by atoms with Crippen molar-refractivity contribution < 1.29 is 9.53 Å². The number of H-pyrrole nitrogens is 2. The van der Waals surface area contributed by atoms with Gasteiger partial charge in [0.2, 0.25) is 0 Å².